The van der Waals surface area contributed by atoms with E-state index in [1.807, 2.05) is 24.3 Å². The van der Waals surface area contributed by atoms with E-state index < -0.39 is 0 Å². The highest BCUT2D eigenvalue weighted by Gasteiger charge is 2.27. The fourth-order valence-corrected chi connectivity index (χ4v) is 2.02. The van der Waals surface area contributed by atoms with Crippen molar-refractivity contribution in [1.82, 2.24) is 5.32 Å². The highest BCUT2D eigenvalue weighted by Crippen LogP contribution is 2.30. The van der Waals surface area contributed by atoms with Crippen LogP contribution in [0.5, 0.6) is 5.75 Å². The van der Waals surface area contributed by atoms with Gasteiger partial charge in [0.2, 0.25) is 5.91 Å². The molecule has 0 radical (unpaired) electrons. The van der Waals surface area contributed by atoms with E-state index in [0.717, 1.165) is 17.7 Å². The molecule has 4 nitrogen and oxygen atoms in total. The number of hydrogen-bond donors (Lipinski definition) is 2. The van der Waals surface area contributed by atoms with Crippen LogP contribution in [0.4, 0.5) is 0 Å². The molecule has 16 heavy (non-hydrogen) atoms. The molecule has 0 aliphatic carbocycles. The summed E-state index contributed by atoms with van der Waals surface area (Å²) in [5, 5.41) is 2.91. The van der Waals surface area contributed by atoms with Gasteiger partial charge in [0.15, 0.2) is 0 Å². The number of methoxy groups -OCH3 is 1. The van der Waals surface area contributed by atoms with Gasteiger partial charge in [-0.25, -0.2) is 0 Å². The number of carbonyl (C=O) groups excluding carboxylic acids is 1. The van der Waals surface area contributed by atoms with Crippen LogP contribution in [0.1, 0.15) is 24.4 Å². The second-order valence-electron chi connectivity index (χ2n) is 3.99. The van der Waals surface area contributed by atoms with Crippen LogP contribution in [0.3, 0.4) is 0 Å². The molecular formula is C12H16N2O2. The summed E-state index contributed by atoms with van der Waals surface area (Å²) in [5.74, 6) is 0.727. The fraction of sp³-hybridized carbons (Fsp3) is 0.417. The van der Waals surface area contributed by atoms with E-state index in [9.17, 15) is 4.79 Å². The normalized spacial score (nSPS) is 25.0. The fourth-order valence-electron chi connectivity index (χ4n) is 2.02. The maximum absolute atomic E-state index is 11.5. The summed E-state index contributed by atoms with van der Waals surface area (Å²) in [6.45, 7) is 0. The summed E-state index contributed by atoms with van der Waals surface area (Å²) in [6, 6.07) is 7.38. The molecule has 86 valence electrons. The van der Waals surface area contributed by atoms with Gasteiger partial charge >= 0.3 is 0 Å². The lowest BCUT2D eigenvalue weighted by atomic mass is 9.94. The van der Waals surface area contributed by atoms with Crippen LogP contribution >= 0.6 is 0 Å². The van der Waals surface area contributed by atoms with Crippen LogP contribution in [0.15, 0.2) is 24.3 Å². The smallest absolute Gasteiger partial charge is 0.237 e. The van der Waals surface area contributed by atoms with Gasteiger partial charge < -0.3 is 15.8 Å². The summed E-state index contributed by atoms with van der Waals surface area (Å²) in [7, 11) is 1.63. The van der Waals surface area contributed by atoms with Gasteiger partial charge in [-0.3, -0.25) is 4.79 Å². The van der Waals surface area contributed by atoms with E-state index in [4.69, 9.17) is 10.5 Å². The van der Waals surface area contributed by atoms with Crippen LogP contribution in [0.2, 0.25) is 0 Å². The Morgan fingerprint density at radius 2 is 2.12 bits per heavy atom. The van der Waals surface area contributed by atoms with Crippen molar-refractivity contribution in [2.75, 3.05) is 7.11 Å². The minimum atomic E-state index is -0.369. The number of hydrogen-bond acceptors (Lipinski definition) is 3. The van der Waals surface area contributed by atoms with Crippen molar-refractivity contribution in [2.24, 2.45) is 5.73 Å². The minimum absolute atomic E-state index is 0.0171. The first-order valence-electron chi connectivity index (χ1n) is 5.41. The SMILES string of the molecule is COc1ccccc1C1CCC(N)C(=O)N1. The zero-order valence-electron chi connectivity index (χ0n) is 9.27. The molecule has 1 aromatic rings. The Labute approximate surface area is 94.8 Å². The summed E-state index contributed by atoms with van der Waals surface area (Å²) in [6.07, 6.45) is 1.57. The van der Waals surface area contributed by atoms with E-state index >= 15 is 0 Å². The minimum Gasteiger partial charge on any atom is -0.496 e. The molecule has 0 spiro atoms. The molecule has 0 aromatic heterocycles. The summed E-state index contributed by atoms with van der Waals surface area (Å²) >= 11 is 0. The molecule has 2 unspecified atom stereocenters. The number of ether oxygens (including phenoxy) is 1. The predicted molar refractivity (Wildman–Crippen MR) is 61.1 cm³/mol. The average Bonchev–Trinajstić information content (AvgIpc) is 2.32. The quantitative estimate of drug-likeness (QED) is 0.780. The van der Waals surface area contributed by atoms with Crippen LogP contribution in [0.25, 0.3) is 0 Å². The number of para-hydroxylation sites is 1. The molecule has 3 N–H and O–H groups in total. The maximum Gasteiger partial charge on any atom is 0.237 e. The molecule has 2 rings (SSSR count). The first-order chi connectivity index (χ1) is 7.72. The van der Waals surface area contributed by atoms with E-state index in [1.54, 1.807) is 7.11 Å². The van der Waals surface area contributed by atoms with Crippen LogP contribution < -0.4 is 15.8 Å². The van der Waals surface area contributed by atoms with E-state index in [2.05, 4.69) is 5.32 Å². The first kappa shape index (κ1) is 11.0. The van der Waals surface area contributed by atoms with Gasteiger partial charge in [-0.1, -0.05) is 18.2 Å². The van der Waals surface area contributed by atoms with Gasteiger partial charge in [-0.15, -0.1) is 0 Å². The molecule has 1 aromatic carbocycles. The summed E-state index contributed by atoms with van der Waals surface area (Å²) in [5.41, 5.74) is 6.66. The molecular weight excluding hydrogens is 204 g/mol. The van der Waals surface area contributed by atoms with Crippen molar-refractivity contribution in [3.05, 3.63) is 29.8 Å². The van der Waals surface area contributed by atoms with Gasteiger partial charge in [-0.2, -0.15) is 0 Å². The standard InChI is InChI=1S/C12H16N2O2/c1-16-11-5-3-2-4-8(11)10-7-6-9(13)12(15)14-10/h2-5,9-10H,6-7,13H2,1H3,(H,14,15). The van der Waals surface area contributed by atoms with Gasteiger partial charge in [-0.05, 0) is 18.9 Å². The molecule has 1 aliphatic rings. The zero-order chi connectivity index (χ0) is 11.5. The first-order valence-corrected chi connectivity index (χ1v) is 5.41. The molecule has 1 fully saturated rings. The Hall–Kier alpha value is -1.55. The van der Waals surface area contributed by atoms with Crippen molar-refractivity contribution in [1.29, 1.82) is 0 Å². The van der Waals surface area contributed by atoms with Gasteiger partial charge in [0.1, 0.15) is 5.75 Å². The monoisotopic (exact) mass is 220 g/mol. The number of nitrogens with one attached hydrogen (secondary N) is 1. The Balaban J connectivity index is 2.21. The van der Waals surface area contributed by atoms with Crippen LogP contribution in [-0.2, 0) is 4.79 Å². The maximum atomic E-state index is 11.5. The number of nitrogens with two attached hydrogens (primary N) is 1. The van der Waals surface area contributed by atoms with Crippen molar-refractivity contribution in [3.63, 3.8) is 0 Å². The topological polar surface area (TPSA) is 64.3 Å². The van der Waals surface area contributed by atoms with Crippen molar-refractivity contribution in [3.8, 4) is 5.75 Å². The molecule has 1 aliphatic heterocycles. The molecule has 2 atom stereocenters. The number of benzene rings is 1. The molecule has 1 heterocycles. The lowest BCUT2D eigenvalue weighted by molar-refractivity contribution is -0.124. The van der Waals surface area contributed by atoms with Gasteiger partial charge in [0.05, 0.1) is 19.2 Å². The third-order valence-corrected chi connectivity index (χ3v) is 2.93. The second-order valence-corrected chi connectivity index (χ2v) is 3.99. The molecule has 4 heteroatoms. The summed E-state index contributed by atoms with van der Waals surface area (Å²) < 4.78 is 5.28. The number of rotatable bonds is 2. The molecule has 0 saturated carbocycles. The van der Waals surface area contributed by atoms with Crippen molar-refractivity contribution in [2.45, 2.75) is 24.9 Å². The summed E-state index contributed by atoms with van der Waals surface area (Å²) in [4.78, 5) is 11.5. The Bertz CT molecular complexity index is 392. The molecule has 1 saturated heterocycles. The third kappa shape index (κ3) is 2.02. The van der Waals surface area contributed by atoms with E-state index in [-0.39, 0.29) is 18.0 Å². The largest absolute Gasteiger partial charge is 0.496 e. The average molecular weight is 220 g/mol. The van der Waals surface area contributed by atoms with Gasteiger partial charge in [0, 0.05) is 5.56 Å². The lowest BCUT2D eigenvalue weighted by Crippen LogP contribution is -2.46. The molecule has 1 amide bonds. The van der Waals surface area contributed by atoms with Gasteiger partial charge in [0.25, 0.3) is 0 Å². The third-order valence-electron chi connectivity index (χ3n) is 2.93. The number of carbonyl (C=O) groups is 1. The Morgan fingerprint density at radius 1 is 1.38 bits per heavy atom. The predicted octanol–water partition coefficient (Wildman–Crippen LogP) is 0.974. The second kappa shape index (κ2) is 4.53. The highest BCUT2D eigenvalue weighted by atomic mass is 16.5. The van der Waals surface area contributed by atoms with E-state index in [0.29, 0.717) is 6.42 Å². The van der Waals surface area contributed by atoms with Crippen molar-refractivity contribution >= 4 is 5.91 Å². The van der Waals surface area contributed by atoms with Crippen LogP contribution in [-0.4, -0.2) is 19.1 Å². The van der Waals surface area contributed by atoms with E-state index in [1.165, 1.54) is 0 Å². The lowest BCUT2D eigenvalue weighted by Gasteiger charge is -2.28. The Kier molecular flexibility index (Phi) is 3.10. The molecule has 0 bridgehead atoms. The highest BCUT2D eigenvalue weighted by molar-refractivity contribution is 5.82. The number of amides is 1. The zero-order valence-corrected chi connectivity index (χ0v) is 9.27. The van der Waals surface area contributed by atoms with Crippen LogP contribution in [0, 0.1) is 0 Å². The Morgan fingerprint density at radius 3 is 2.81 bits per heavy atom. The number of piperidine rings is 1. The van der Waals surface area contributed by atoms with Crippen molar-refractivity contribution < 1.29 is 9.53 Å².